The summed E-state index contributed by atoms with van der Waals surface area (Å²) in [5.74, 6) is 2.85. The lowest BCUT2D eigenvalue weighted by molar-refractivity contribution is -0.0114. The summed E-state index contributed by atoms with van der Waals surface area (Å²) >= 11 is 0. The van der Waals surface area contributed by atoms with Gasteiger partial charge in [0, 0.05) is 13.1 Å². The number of aromatic nitrogens is 2. The number of aliphatic hydroxyl groups is 1. The highest BCUT2D eigenvalue weighted by molar-refractivity contribution is 5.44. The lowest BCUT2D eigenvalue weighted by Gasteiger charge is -2.25. The fraction of sp³-hybridized carbons (Fsp3) is 0.345. The van der Waals surface area contributed by atoms with Crippen molar-refractivity contribution in [2.24, 2.45) is 0 Å². The molecule has 2 aromatic carbocycles. The molecule has 0 bridgehead atoms. The molecule has 196 valence electrons. The van der Waals surface area contributed by atoms with Gasteiger partial charge < -0.3 is 23.7 Å². The van der Waals surface area contributed by atoms with Crippen molar-refractivity contribution in [1.82, 2.24) is 14.7 Å². The molecule has 0 aliphatic heterocycles. The van der Waals surface area contributed by atoms with Gasteiger partial charge in [-0.05, 0) is 69.3 Å². The normalized spacial score (nSPS) is 12.3. The molecule has 4 rings (SSSR count). The molecule has 1 N–H and O–H groups in total. The zero-order valence-corrected chi connectivity index (χ0v) is 21.8. The van der Waals surface area contributed by atoms with E-state index in [0.717, 1.165) is 28.5 Å². The van der Waals surface area contributed by atoms with Gasteiger partial charge in [-0.1, -0.05) is 18.2 Å². The number of benzene rings is 2. The molecule has 2 heterocycles. The minimum atomic E-state index is -0.659. The molecule has 0 aliphatic rings. The Bertz CT molecular complexity index is 1220. The molecule has 2 aromatic heterocycles. The van der Waals surface area contributed by atoms with Gasteiger partial charge in [0.1, 0.15) is 17.3 Å². The van der Waals surface area contributed by atoms with Gasteiger partial charge in [0.15, 0.2) is 0 Å². The second-order valence-corrected chi connectivity index (χ2v) is 9.18. The maximum Gasteiger partial charge on any atom is 0.227 e. The Morgan fingerprint density at radius 3 is 2.35 bits per heavy atom. The predicted molar refractivity (Wildman–Crippen MR) is 141 cm³/mol. The number of hydrogen-bond donors (Lipinski definition) is 1. The number of methoxy groups -OCH3 is 1. The summed E-state index contributed by atoms with van der Waals surface area (Å²) in [4.78, 5) is 2.12. The summed E-state index contributed by atoms with van der Waals surface area (Å²) in [5, 5.41) is 15.5. The van der Waals surface area contributed by atoms with Gasteiger partial charge in [0.05, 0.1) is 55.7 Å². The standard InChI is InChI=1S/C29H35N3O5/c1-21(2)36-20-24(33)17-31(18-27-11-8-16-35-27)19-28-22(3)30-32(23-9-6-5-7-10-23)29(28)37-26-14-12-25(34-4)13-15-26/h5-16,21,24,33H,17-20H2,1-4H3. The molecule has 0 radical (unpaired) electrons. The number of para-hydroxylation sites is 1. The third-order valence-corrected chi connectivity index (χ3v) is 5.84. The molecule has 0 saturated carbocycles. The number of ether oxygens (including phenoxy) is 3. The molecule has 0 saturated heterocycles. The Kier molecular flexibility index (Phi) is 9.00. The van der Waals surface area contributed by atoms with Crippen molar-refractivity contribution in [3.05, 3.63) is 90.0 Å². The van der Waals surface area contributed by atoms with Gasteiger partial charge in [-0.15, -0.1) is 0 Å². The van der Waals surface area contributed by atoms with E-state index >= 15 is 0 Å². The van der Waals surface area contributed by atoms with Gasteiger partial charge in [-0.25, -0.2) is 4.68 Å². The Labute approximate surface area is 218 Å². The Balaban J connectivity index is 1.66. The Morgan fingerprint density at radius 2 is 1.70 bits per heavy atom. The minimum absolute atomic E-state index is 0.0454. The van der Waals surface area contributed by atoms with E-state index in [1.807, 2.05) is 92.2 Å². The molecule has 1 atom stereocenters. The van der Waals surface area contributed by atoms with Crippen LogP contribution in [0.3, 0.4) is 0 Å². The molecule has 0 spiro atoms. The van der Waals surface area contributed by atoms with Crippen LogP contribution in [0.4, 0.5) is 0 Å². The zero-order valence-electron chi connectivity index (χ0n) is 21.8. The van der Waals surface area contributed by atoms with Crippen LogP contribution in [0.2, 0.25) is 0 Å². The van der Waals surface area contributed by atoms with E-state index in [2.05, 4.69) is 4.90 Å². The second-order valence-electron chi connectivity index (χ2n) is 9.18. The summed E-state index contributed by atoms with van der Waals surface area (Å²) in [6, 6.07) is 21.1. The fourth-order valence-corrected chi connectivity index (χ4v) is 4.01. The SMILES string of the molecule is COc1ccc(Oc2c(CN(Cc3ccco3)CC(O)COC(C)C)c(C)nn2-c2ccccc2)cc1. The number of aryl methyl sites for hydroxylation is 1. The second kappa shape index (κ2) is 12.6. The van der Waals surface area contributed by atoms with Crippen molar-refractivity contribution in [3.63, 3.8) is 0 Å². The zero-order chi connectivity index (χ0) is 26.2. The number of furan rings is 1. The summed E-state index contributed by atoms with van der Waals surface area (Å²) in [7, 11) is 1.63. The highest BCUT2D eigenvalue weighted by atomic mass is 16.5. The molecule has 8 nitrogen and oxygen atoms in total. The first-order valence-electron chi connectivity index (χ1n) is 12.4. The molecule has 0 amide bonds. The minimum Gasteiger partial charge on any atom is -0.497 e. The van der Waals surface area contributed by atoms with E-state index in [0.29, 0.717) is 31.3 Å². The molecular weight excluding hydrogens is 470 g/mol. The Morgan fingerprint density at radius 1 is 0.973 bits per heavy atom. The summed E-state index contributed by atoms with van der Waals surface area (Å²) in [6.45, 7) is 7.54. The third kappa shape index (κ3) is 7.22. The molecule has 0 fully saturated rings. The van der Waals surface area contributed by atoms with Crippen LogP contribution in [0.15, 0.2) is 77.4 Å². The van der Waals surface area contributed by atoms with Crippen LogP contribution >= 0.6 is 0 Å². The molecule has 8 heteroatoms. The van der Waals surface area contributed by atoms with Crippen LogP contribution in [-0.4, -0.2) is 52.3 Å². The van der Waals surface area contributed by atoms with Gasteiger partial charge in [0.25, 0.3) is 0 Å². The average molecular weight is 506 g/mol. The topological polar surface area (TPSA) is 82.1 Å². The van der Waals surface area contributed by atoms with Crippen molar-refractivity contribution >= 4 is 0 Å². The van der Waals surface area contributed by atoms with Crippen molar-refractivity contribution in [2.45, 2.75) is 46.1 Å². The van der Waals surface area contributed by atoms with Crippen molar-refractivity contribution in [1.29, 1.82) is 0 Å². The van der Waals surface area contributed by atoms with Crippen molar-refractivity contribution in [3.8, 4) is 23.1 Å². The van der Waals surface area contributed by atoms with E-state index in [1.165, 1.54) is 0 Å². The quantitative estimate of drug-likeness (QED) is 0.262. The Hall–Kier alpha value is -3.59. The van der Waals surface area contributed by atoms with Gasteiger partial charge in [-0.2, -0.15) is 5.10 Å². The lowest BCUT2D eigenvalue weighted by atomic mass is 10.2. The molecular formula is C29H35N3O5. The summed E-state index contributed by atoms with van der Waals surface area (Å²) in [5.41, 5.74) is 2.65. The van der Waals surface area contributed by atoms with Crippen LogP contribution in [0, 0.1) is 6.92 Å². The number of nitrogens with zero attached hydrogens (tertiary/aromatic N) is 3. The van der Waals surface area contributed by atoms with E-state index in [9.17, 15) is 5.11 Å². The number of hydrogen-bond acceptors (Lipinski definition) is 7. The molecule has 4 aromatic rings. The average Bonchev–Trinajstić information content (AvgIpc) is 3.52. The van der Waals surface area contributed by atoms with Crippen LogP contribution < -0.4 is 9.47 Å². The third-order valence-electron chi connectivity index (χ3n) is 5.84. The first-order valence-corrected chi connectivity index (χ1v) is 12.4. The van der Waals surface area contributed by atoms with E-state index in [-0.39, 0.29) is 12.7 Å². The first-order chi connectivity index (χ1) is 17.9. The summed E-state index contributed by atoms with van der Waals surface area (Å²) < 4.78 is 24.8. The van der Waals surface area contributed by atoms with E-state index in [1.54, 1.807) is 13.4 Å². The molecule has 37 heavy (non-hydrogen) atoms. The van der Waals surface area contributed by atoms with Crippen LogP contribution in [-0.2, 0) is 17.8 Å². The van der Waals surface area contributed by atoms with Crippen molar-refractivity contribution in [2.75, 3.05) is 20.3 Å². The van der Waals surface area contributed by atoms with Gasteiger partial charge in [0.2, 0.25) is 5.88 Å². The number of rotatable bonds is 13. The lowest BCUT2D eigenvalue weighted by Crippen LogP contribution is -2.35. The highest BCUT2D eigenvalue weighted by Gasteiger charge is 2.23. The number of aliphatic hydroxyl groups excluding tert-OH is 1. The maximum atomic E-state index is 10.7. The van der Waals surface area contributed by atoms with Crippen LogP contribution in [0.1, 0.15) is 30.9 Å². The highest BCUT2D eigenvalue weighted by Crippen LogP contribution is 2.32. The summed E-state index contributed by atoms with van der Waals surface area (Å²) in [6.07, 6.45) is 1.04. The van der Waals surface area contributed by atoms with E-state index < -0.39 is 6.10 Å². The molecule has 0 aliphatic carbocycles. The molecule has 1 unspecified atom stereocenters. The smallest absolute Gasteiger partial charge is 0.227 e. The maximum absolute atomic E-state index is 10.7. The monoisotopic (exact) mass is 505 g/mol. The van der Waals surface area contributed by atoms with Gasteiger partial charge >= 0.3 is 0 Å². The fourth-order valence-electron chi connectivity index (χ4n) is 4.01. The van der Waals surface area contributed by atoms with Gasteiger partial charge in [-0.3, -0.25) is 4.90 Å². The largest absolute Gasteiger partial charge is 0.497 e. The van der Waals surface area contributed by atoms with E-state index in [4.69, 9.17) is 23.7 Å². The van der Waals surface area contributed by atoms with Crippen molar-refractivity contribution < 1.29 is 23.7 Å². The van der Waals surface area contributed by atoms with Crippen LogP contribution in [0.5, 0.6) is 17.4 Å². The predicted octanol–water partition coefficient (Wildman–Crippen LogP) is 5.36. The van der Waals surface area contributed by atoms with Crippen LogP contribution in [0.25, 0.3) is 5.69 Å². The first kappa shape index (κ1) is 26.5.